The van der Waals surface area contributed by atoms with E-state index in [9.17, 15) is 9.36 Å². The normalized spacial score (nSPS) is 23.1. The lowest BCUT2D eigenvalue weighted by Gasteiger charge is -2.16. The van der Waals surface area contributed by atoms with Crippen LogP contribution in [0.15, 0.2) is 11.0 Å². The molecular formula is C10H15N2O6PS. The number of nitrogens with zero attached hydrogens (tertiary/aromatic N) is 1. The summed E-state index contributed by atoms with van der Waals surface area (Å²) in [6.07, 6.45) is 1.77. The van der Waals surface area contributed by atoms with E-state index < -0.39 is 20.2 Å². The first-order valence-corrected chi connectivity index (χ1v) is 7.88. The largest absolute Gasteiger partial charge is 0.469 e. The highest BCUT2D eigenvalue weighted by Crippen LogP contribution is 2.37. The highest BCUT2D eigenvalue weighted by Gasteiger charge is 2.29. The van der Waals surface area contributed by atoms with E-state index in [-0.39, 0.29) is 12.3 Å². The molecule has 20 heavy (non-hydrogen) atoms. The van der Waals surface area contributed by atoms with Crippen LogP contribution in [-0.2, 0) is 13.8 Å². The number of hydrogen-bond acceptors (Lipinski definition) is 5. The molecule has 0 amide bonds. The summed E-state index contributed by atoms with van der Waals surface area (Å²) in [5.41, 5.74) is 0.375. The maximum absolute atomic E-state index is 11.8. The molecule has 1 fully saturated rings. The molecule has 0 radical (unpaired) electrons. The van der Waals surface area contributed by atoms with Crippen molar-refractivity contribution in [3.63, 3.8) is 0 Å². The second-order valence-electron chi connectivity index (χ2n) is 4.56. The molecule has 1 aromatic heterocycles. The molecule has 2 atom stereocenters. The zero-order valence-electron chi connectivity index (χ0n) is 10.7. The summed E-state index contributed by atoms with van der Waals surface area (Å²) in [4.78, 5) is 31.6. The summed E-state index contributed by atoms with van der Waals surface area (Å²) in [5, 5.41) is 0. The lowest BCUT2D eigenvalue weighted by molar-refractivity contribution is -0.0244. The number of rotatable bonds is 4. The summed E-state index contributed by atoms with van der Waals surface area (Å²) in [7, 11) is -4.50. The Morgan fingerprint density at radius 1 is 1.60 bits per heavy atom. The smallest absolute Gasteiger partial charge is 0.352 e. The Labute approximate surface area is 119 Å². The van der Waals surface area contributed by atoms with Crippen molar-refractivity contribution in [3.05, 3.63) is 26.9 Å². The zero-order valence-corrected chi connectivity index (χ0v) is 12.4. The predicted octanol–water partition coefficient (Wildman–Crippen LogP) is 1.00. The number of ether oxygens (including phenoxy) is 1. The van der Waals surface area contributed by atoms with E-state index in [1.165, 1.54) is 4.57 Å². The number of hydrogen-bond donors (Lipinski definition) is 3. The van der Waals surface area contributed by atoms with Gasteiger partial charge in [0, 0.05) is 11.8 Å². The number of phosphoric ester groups is 1. The van der Waals surface area contributed by atoms with Crippen LogP contribution in [0.25, 0.3) is 0 Å². The van der Waals surface area contributed by atoms with Crippen LogP contribution in [0.5, 0.6) is 0 Å². The second kappa shape index (κ2) is 5.88. The van der Waals surface area contributed by atoms with Crippen LogP contribution < -0.4 is 5.69 Å². The zero-order chi connectivity index (χ0) is 14.9. The van der Waals surface area contributed by atoms with Gasteiger partial charge in [0.1, 0.15) is 10.9 Å². The molecule has 0 unspecified atom stereocenters. The molecule has 2 rings (SSSR count). The Hall–Kier alpha value is -0.830. The number of aromatic nitrogens is 2. The number of phosphoric acid groups is 1. The van der Waals surface area contributed by atoms with Gasteiger partial charge in [0.25, 0.3) is 0 Å². The van der Waals surface area contributed by atoms with E-state index >= 15 is 0 Å². The van der Waals surface area contributed by atoms with Gasteiger partial charge in [0.05, 0.1) is 12.7 Å². The van der Waals surface area contributed by atoms with E-state index in [1.807, 2.05) is 0 Å². The summed E-state index contributed by atoms with van der Waals surface area (Å²) < 4.78 is 22.4. The van der Waals surface area contributed by atoms with Crippen molar-refractivity contribution in [1.82, 2.24) is 9.55 Å². The molecule has 2 heterocycles. The van der Waals surface area contributed by atoms with Crippen molar-refractivity contribution >= 4 is 20.0 Å². The summed E-state index contributed by atoms with van der Waals surface area (Å²) in [6, 6.07) is 0. The quantitative estimate of drug-likeness (QED) is 0.560. The fourth-order valence-electron chi connectivity index (χ4n) is 1.99. The first-order chi connectivity index (χ1) is 9.26. The number of aryl methyl sites for hydroxylation is 1. The van der Waals surface area contributed by atoms with Crippen LogP contribution in [0, 0.1) is 11.6 Å². The van der Waals surface area contributed by atoms with Crippen molar-refractivity contribution in [2.75, 3.05) is 6.61 Å². The molecule has 0 spiro atoms. The third-order valence-electron chi connectivity index (χ3n) is 2.97. The van der Waals surface area contributed by atoms with Gasteiger partial charge >= 0.3 is 13.5 Å². The third kappa shape index (κ3) is 3.85. The van der Waals surface area contributed by atoms with E-state index in [0.29, 0.717) is 17.5 Å². The van der Waals surface area contributed by atoms with Crippen LogP contribution in [-0.4, -0.2) is 32.0 Å². The van der Waals surface area contributed by atoms with Crippen LogP contribution >= 0.6 is 20.0 Å². The molecule has 0 aromatic carbocycles. The summed E-state index contributed by atoms with van der Waals surface area (Å²) in [6.45, 7) is 1.56. The molecule has 8 nitrogen and oxygen atoms in total. The first kappa shape index (κ1) is 15.6. The van der Waals surface area contributed by atoms with Crippen molar-refractivity contribution in [2.45, 2.75) is 32.1 Å². The van der Waals surface area contributed by atoms with Gasteiger partial charge < -0.3 is 14.5 Å². The number of aromatic amines is 1. The fraction of sp³-hybridized carbons (Fsp3) is 0.600. The molecule has 112 valence electrons. The van der Waals surface area contributed by atoms with Crippen molar-refractivity contribution in [3.8, 4) is 0 Å². The molecule has 0 saturated carbocycles. The van der Waals surface area contributed by atoms with Gasteiger partial charge in [-0.1, -0.05) is 12.2 Å². The van der Waals surface area contributed by atoms with Crippen molar-refractivity contribution < 1.29 is 23.6 Å². The molecule has 0 aliphatic carbocycles. The molecule has 10 heteroatoms. The maximum Gasteiger partial charge on any atom is 0.469 e. The van der Waals surface area contributed by atoms with Crippen LogP contribution in [0.2, 0.25) is 0 Å². The molecule has 1 aliphatic heterocycles. The summed E-state index contributed by atoms with van der Waals surface area (Å²) in [5.74, 6) is 0. The molecule has 1 saturated heterocycles. The van der Waals surface area contributed by atoms with Gasteiger partial charge in [-0.2, -0.15) is 0 Å². The highest BCUT2D eigenvalue weighted by molar-refractivity contribution is 7.71. The number of nitrogens with one attached hydrogen (secondary N) is 1. The molecule has 0 bridgehead atoms. The Morgan fingerprint density at radius 2 is 2.30 bits per heavy atom. The Bertz CT molecular complexity index is 650. The molecule has 1 aromatic rings. The third-order valence-corrected chi connectivity index (χ3v) is 3.88. The number of H-pyrrole nitrogens is 1. The van der Waals surface area contributed by atoms with Gasteiger partial charge in [-0.05, 0) is 19.8 Å². The first-order valence-electron chi connectivity index (χ1n) is 5.94. The molecular weight excluding hydrogens is 307 g/mol. The molecule has 1 aliphatic rings. The Kier molecular flexibility index (Phi) is 4.58. The van der Waals surface area contributed by atoms with Gasteiger partial charge in [0.15, 0.2) is 0 Å². The second-order valence-corrected chi connectivity index (χ2v) is 6.20. The minimum absolute atomic E-state index is 0.211. The lowest BCUT2D eigenvalue weighted by Crippen LogP contribution is -2.28. The predicted molar refractivity (Wildman–Crippen MR) is 71.8 cm³/mol. The Balaban J connectivity index is 2.06. The van der Waals surface area contributed by atoms with Crippen molar-refractivity contribution in [2.24, 2.45) is 0 Å². The van der Waals surface area contributed by atoms with E-state index in [2.05, 4.69) is 9.51 Å². The van der Waals surface area contributed by atoms with Gasteiger partial charge in [-0.25, -0.2) is 9.36 Å². The standard InChI is InChI=1S/C10H15N2O6PS/c1-6-4-12(10(13)11-9(6)20)8-3-2-7(18-8)5-17-19(14,15)16/h4,7-8H,2-3,5H2,1H3,(H,11,13,20)(H2,14,15,16)/t7-,8+/m0/s1. The van der Waals surface area contributed by atoms with E-state index in [4.69, 9.17) is 26.7 Å². The lowest BCUT2D eigenvalue weighted by atomic mass is 10.2. The van der Waals surface area contributed by atoms with E-state index in [0.717, 1.165) is 5.56 Å². The van der Waals surface area contributed by atoms with Gasteiger partial charge in [-0.15, -0.1) is 0 Å². The van der Waals surface area contributed by atoms with Crippen LogP contribution in [0.3, 0.4) is 0 Å². The minimum atomic E-state index is -4.50. The topological polar surface area (TPSA) is 114 Å². The minimum Gasteiger partial charge on any atom is -0.352 e. The highest BCUT2D eigenvalue weighted by atomic mass is 32.1. The van der Waals surface area contributed by atoms with Gasteiger partial charge in [0.2, 0.25) is 0 Å². The average molecular weight is 322 g/mol. The van der Waals surface area contributed by atoms with Crippen LogP contribution in [0.4, 0.5) is 0 Å². The maximum atomic E-state index is 11.8. The van der Waals surface area contributed by atoms with Crippen LogP contribution in [0.1, 0.15) is 24.6 Å². The van der Waals surface area contributed by atoms with Crippen molar-refractivity contribution in [1.29, 1.82) is 0 Å². The summed E-state index contributed by atoms with van der Waals surface area (Å²) >= 11 is 4.96. The van der Waals surface area contributed by atoms with Gasteiger partial charge in [-0.3, -0.25) is 14.1 Å². The van der Waals surface area contributed by atoms with E-state index in [1.54, 1.807) is 13.1 Å². The molecule has 3 N–H and O–H groups in total. The average Bonchev–Trinajstić information content (AvgIpc) is 2.79. The monoisotopic (exact) mass is 322 g/mol. The Morgan fingerprint density at radius 3 is 2.95 bits per heavy atom. The fourth-order valence-corrected chi connectivity index (χ4v) is 2.49. The SMILES string of the molecule is Cc1cn([C@H]2CC[C@@H](COP(=O)(O)O)O2)c(=O)[nH]c1=S.